The zero-order valence-corrected chi connectivity index (χ0v) is 9.62. The molecule has 3 N–H and O–H groups in total. The summed E-state index contributed by atoms with van der Waals surface area (Å²) in [5.41, 5.74) is 6.07. The molecule has 0 saturated heterocycles. The van der Waals surface area contributed by atoms with Crippen LogP contribution in [-0.2, 0) is 16.0 Å². The van der Waals surface area contributed by atoms with E-state index in [1.165, 1.54) is 6.92 Å². The van der Waals surface area contributed by atoms with Crippen LogP contribution in [-0.4, -0.2) is 17.9 Å². The Labute approximate surface area is 98.8 Å². The summed E-state index contributed by atoms with van der Waals surface area (Å²) in [6, 6.07) is 6.35. The van der Waals surface area contributed by atoms with Gasteiger partial charge in [0.2, 0.25) is 11.8 Å². The van der Waals surface area contributed by atoms with E-state index in [9.17, 15) is 9.59 Å². The number of carbonyl (C=O) groups excluding carboxylic acids is 2. The van der Waals surface area contributed by atoms with E-state index < -0.39 is 11.9 Å². The number of nitrogens with two attached hydrogens (primary N) is 1. The van der Waals surface area contributed by atoms with Gasteiger partial charge in [0.25, 0.3) is 0 Å². The topological polar surface area (TPSA) is 72.2 Å². The highest BCUT2D eigenvalue weighted by Gasteiger charge is 2.16. The molecule has 0 aliphatic carbocycles. The molecule has 0 saturated carbocycles. The highest BCUT2D eigenvalue weighted by Crippen LogP contribution is 2.11. The average Bonchev–Trinajstić information content (AvgIpc) is 2.19. The van der Waals surface area contributed by atoms with Crippen LogP contribution in [0.5, 0.6) is 0 Å². The van der Waals surface area contributed by atoms with Gasteiger partial charge < -0.3 is 11.1 Å². The molecule has 1 aromatic carbocycles. The highest BCUT2D eigenvalue weighted by atomic mass is 35.5. The summed E-state index contributed by atoms with van der Waals surface area (Å²) in [4.78, 5) is 22.0. The molecule has 0 spiro atoms. The first-order chi connectivity index (χ1) is 7.49. The van der Waals surface area contributed by atoms with Gasteiger partial charge >= 0.3 is 0 Å². The minimum Gasteiger partial charge on any atom is -0.368 e. The van der Waals surface area contributed by atoms with E-state index in [2.05, 4.69) is 5.32 Å². The number of nitrogens with one attached hydrogen (secondary N) is 1. The lowest BCUT2D eigenvalue weighted by molar-refractivity contribution is -0.126. The lowest BCUT2D eigenvalue weighted by Crippen LogP contribution is -2.44. The van der Waals surface area contributed by atoms with Crippen LogP contribution in [0.4, 0.5) is 0 Å². The van der Waals surface area contributed by atoms with E-state index in [-0.39, 0.29) is 5.91 Å². The summed E-state index contributed by atoms with van der Waals surface area (Å²) in [5.74, 6) is -0.831. The number of amides is 2. The molecular formula is C11H13ClN2O2. The number of halogens is 1. The predicted molar refractivity (Wildman–Crippen MR) is 62.0 cm³/mol. The highest BCUT2D eigenvalue weighted by molar-refractivity contribution is 6.30. The summed E-state index contributed by atoms with van der Waals surface area (Å²) >= 11 is 5.73. The van der Waals surface area contributed by atoms with Crippen molar-refractivity contribution in [1.82, 2.24) is 5.32 Å². The minimum absolute atomic E-state index is 0.280. The summed E-state index contributed by atoms with van der Waals surface area (Å²) in [5, 5.41) is 3.12. The minimum atomic E-state index is -0.682. The van der Waals surface area contributed by atoms with Crippen LogP contribution in [0.25, 0.3) is 0 Å². The number of carbonyl (C=O) groups is 2. The molecule has 0 bridgehead atoms. The molecule has 86 valence electrons. The number of rotatable bonds is 4. The molecule has 5 heteroatoms. The van der Waals surface area contributed by atoms with Crippen LogP contribution in [0.15, 0.2) is 24.3 Å². The molecule has 4 nitrogen and oxygen atoms in total. The monoisotopic (exact) mass is 240 g/mol. The van der Waals surface area contributed by atoms with Gasteiger partial charge in [0.1, 0.15) is 6.04 Å². The average molecular weight is 241 g/mol. The molecule has 16 heavy (non-hydrogen) atoms. The quantitative estimate of drug-likeness (QED) is 0.820. The maximum atomic E-state index is 11.1. The van der Waals surface area contributed by atoms with E-state index >= 15 is 0 Å². The maximum Gasteiger partial charge on any atom is 0.240 e. The molecule has 0 aromatic heterocycles. The van der Waals surface area contributed by atoms with Crippen LogP contribution in [0, 0.1) is 0 Å². The fraction of sp³-hybridized carbons (Fsp3) is 0.273. The van der Waals surface area contributed by atoms with Crippen molar-refractivity contribution in [2.45, 2.75) is 19.4 Å². The second-order valence-corrected chi connectivity index (χ2v) is 3.92. The molecule has 0 aliphatic rings. The smallest absolute Gasteiger partial charge is 0.240 e. The summed E-state index contributed by atoms with van der Waals surface area (Å²) in [6.07, 6.45) is 0.367. The van der Waals surface area contributed by atoms with Crippen LogP contribution in [0.3, 0.4) is 0 Å². The van der Waals surface area contributed by atoms with Gasteiger partial charge in [-0.1, -0.05) is 23.7 Å². The van der Waals surface area contributed by atoms with E-state index in [4.69, 9.17) is 17.3 Å². The SMILES string of the molecule is CC(=O)N[C@@H](Cc1ccc(Cl)cc1)C(N)=O. The van der Waals surface area contributed by atoms with Gasteiger partial charge in [-0.05, 0) is 17.7 Å². The third-order valence-electron chi connectivity index (χ3n) is 2.07. The Bertz CT molecular complexity index is 389. The Morgan fingerprint density at radius 3 is 2.38 bits per heavy atom. The number of primary amides is 1. The van der Waals surface area contributed by atoms with Crippen LogP contribution in [0.1, 0.15) is 12.5 Å². The summed E-state index contributed by atoms with van der Waals surface area (Å²) in [7, 11) is 0. The largest absolute Gasteiger partial charge is 0.368 e. The first-order valence-corrected chi connectivity index (χ1v) is 5.17. The van der Waals surface area contributed by atoms with E-state index in [0.29, 0.717) is 11.4 Å². The van der Waals surface area contributed by atoms with Crippen LogP contribution >= 0.6 is 11.6 Å². The fourth-order valence-electron chi connectivity index (χ4n) is 1.32. The molecule has 1 rings (SSSR count). The zero-order valence-electron chi connectivity index (χ0n) is 8.87. The Hall–Kier alpha value is -1.55. The second-order valence-electron chi connectivity index (χ2n) is 3.49. The Kier molecular flexibility index (Phi) is 4.31. The number of hydrogen-bond acceptors (Lipinski definition) is 2. The molecular weight excluding hydrogens is 228 g/mol. The molecule has 1 aromatic rings. The maximum absolute atomic E-state index is 11.1. The molecule has 0 fully saturated rings. The molecule has 0 aliphatic heterocycles. The first-order valence-electron chi connectivity index (χ1n) is 4.80. The van der Waals surface area contributed by atoms with Crippen LogP contribution in [0.2, 0.25) is 5.02 Å². The third-order valence-corrected chi connectivity index (χ3v) is 2.33. The number of benzene rings is 1. The van der Waals surface area contributed by atoms with Crippen molar-refractivity contribution in [2.24, 2.45) is 5.73 Å². The van der Waals surface area contributed by atoms with Crippen molar-refractivity contribution >= 4 is 23.4 Å². The summed E-state index contributed by atoms with van der Waals surface area (Å²) in [6.45, 7) is 1.35. The van der Waals surface area contributed by atoms with Gasteiger partial charge in [0.15, 0.2) is 0 Å². The van der Waals surface area contributed by atoms with Gasteiger partial charge in [-0.2, -0.15) is 0 Å². The second kappa shape index (κ2) is 5.51. The van der Waals surface area contributed by atoms with Gasteiger partial charge in [0, 0.05) is 18.4 Å². The van der Waals surface area contributed by atoms with E-state index in [0.717, 1.165) is 5.56 Å². The van der Waals surface area contributed by atoms with Crippen molar-refractivity contribution in [2.75, 3.05) is 0 Å². The van der Waals surface area contributed by atoms with E-state index in [1.807, 2.05) is 0 Å². The predicted octanol–water partition coefficient (Wildman–Crippen LogP) is 0.873. The first kappa shape index (κ1) is 12.5. The fourth-order valence-corrected chi connectivity index (χ4v) is 1.45. The Morgan fingerprint density at radius 2 is 1.94 bits per heavy atom. The van der Waals surface area contributed by atoms with Crippen molar-refractivity contribution in [1.29, 1.82) is 0 Å². The summed E-state index contributed by atoms with van der Waals surface area (Å²) < 4.78 is 0. The van der Waals surface area contributed by atoms with Crippen molar-refractivity contribution in [3.63, 3.8) is 0 Å². The van der Waals surface area contributed by atoms with Crippen molar-refractivity contribution in [3.8, 4) is 0 Å². The van der Waals surface area contributed by atoms with Gasteiger partial charge in [-0.15, -0.1) is 0 Å². The third kappa shape index (κ3) is 3.90. The van der Waals surface area contributed by atoms with Crippen molar-refractivity contribution < 1.29 is 9.59 Å². The molecule has 0 unspecified atom stereocenters. The normalized spacial score (nSPS) is 11.9. The standard InChI is InChI=1S/C11H13ClN2O2/c1-7(15)14-10(11(13)16)6-8-2-4-9(12)5-3-8/h2-5,10H,6H2,1H3,(H2,13,16)(H,14,15)/t10-/m0/s1. The van der Waals surface area contributed by atoms with Gasteiger partial charge in [-0.25, -0.2) is 0 Å². The zero-order chi connectivity index (χ0) is 12.1. The van der Waals surface area contributed by atoms with Crippen molar-refractivity contribution in [3.05, 3.63) is 34.9 Å². The lowest BCUT2D eigenvalue weighted by Gasteiger charge is -2.14. The van der Waals surface area contributed by atoms with Gasteiger partial charge in [0.05, 0.1) is 0 Å². The molecule has 0 radical (unpaired) electrons. The van der Waals surface area contributed by atoms with E-state index in [1.54, 1.807) is 24.3 Å². The molecule has 0 heterocycles. The lowest BCUT2D eigenvalue weighted by atomic mass is 10.1. The molecule has 2 amide bonds. The molecule has 1 atom stereocenters. The number of hydrogen-bond donors (Lipinski definition) is 2. The van der Waals surface area contributed by atoms with Gasteiger partial charge in [-0.3, -0.25) is 9.59 Å². The van der Waals surface area contributed by atoms with Crippen LogP contribution < -0.4 is 11.1 Å². The Morgan fingerprint density at radius 1 is 1.38 bits per heavy atom. The Balaban J connectivity index is 2.71.